The molecule has 2 amide bonds. The highest BCUT2D eigenvalue weighted by atomic mass is 16.5. The molecule has 3 N–H and O–H groups in total. The molecule has 28 heavy (non-hydrogen) atoms. The molecule has 7 heteroatoms. The van der Waals surface area contributed by atoms with E-state index in [1.54, 1.807) is 12.1 Å². The van der Waals surface area contributed by atoms with Crippen LogP contribution in [0.25, 0.3) is 0 Å². The fourth-order valence-corrected chi connectivity index (χ4v) is 2.37. The standard InChI is InChI=1S/C21H22N2O5/c1-13-3-5-15(6-4-13)18(24)11-12-19(25)28-14(2)21(27)23-17-9-7-16(8-10-17)20(22)26/h3-10,14H,11-12H2,1-2H3,(H2,22,26)(H,23,27)/t14-/m1/s1. The molecule has 0 saturated heterocycles. The smallest absolute Gasteiger partial charge is 0.307 e. The average Bonchev–Trinajstić information content (AvgIpc) is 2.67. The van der Waals surface area contributed by atoms with Crippen LogP contribution in [0, 0.1) is 6.92 Å². The number of amides is 2. The zero-order chi connectivity index (χ0) is 20.7. The van der Waals surface area contributed by atoms with Crippen molar-refractivity contribution in [2.45, 2.75) is 32.8 Å². The summed E-state index contributed by atoms with van der Waals surface area (Å²) in [6.07, 6.45) is -1.14. The first-order valence-electron chi connectivity index (χ1n) is 8.76. The first-order valence-corrected chi connectivity index (χ1v) is 8.76. The van der Waals surface area contributed by atoms with Gasteiger partial charge in [-0.3, -0.25) is 19.2 Å². The Morgan fingerprint density at radius 3 is 2.07 bits per heavy atom. The van der Waals surface area contributed by atoms with E-state index in [9.17, 15) is 19.2 Å². The number of Topliss-reactive ketones (excluding diaryl/α,β-unsaturated/α-hetero) is 1. The van der Waals surface area contributed by atoms with Crippen molar-refractivity contribution in [1.82, 2.24) is 0 Å². The molecule has 0 aliphatic rings. The Bertz CT molecular complexity index is 873. The summed E-state index contributed by atoms with van der Waals surface area (Å²) in [5.41, 5.74) is 7.48. The SMILES string of the molecule is Cc1ccc(C(=O)CCC(=O)O[C@H](C)C(=O)Nc2ccc(C(N)=O)cc2)cc1. The van der Waals surface area contributed by atoms with Crippen molar-refractivity contribution in [1.29, 1.82) is 0 Å². The van der Waals surface area contributed by atoms with Crippen LogP contribution < -0.4 is 11.1 Å². The van der Waals surface area contributed by atoms with Gasteiger partial charge < -0.3 is 15.8 Å². The molecular weight excluding hydrogens is 360 g/mol. The minimum absolute atomic E-state index is 0.00477. The number of hydrogen-bond acceptors (Lipinski definition) is 5. The Hall–Kier alpha value is -3.48. The van der Waals surface area contributed by atoms with E-state index in [0.717, 1.165) is 5.56 Å². The van der Waals surface area contributed by atoms with Crippen molar-refractivity contribution in [2.24, 2.45) is 5.73 Å². The van der Waals surface area contributed by atoms with Crippen molar-refractivity contribution < 1.29 is 23.9 Å². The molecule has 2 aromatic carbocycles. The third-order valence-electron chi connectivity index (χ3n) is 4.04. The summed E-state index contributed by atoms with van der Waals surface area (Å²) >= 11 is 0. The fraction of sp³-hybridized carbons (Fsp3) is 0.238. The van der Waals surface area contributed by atoms with Crippen LogP contribution >= 0.6 is 0 Å². The molecule has 7 nitrogen and oxygen atoms in total. The van der Waals surface area contributed by atoms with Crippen LogP contribution in [0.5, 0.6) is 0 Å². The van der Waals surface area contributed by atoms with Gasteiger partial charge in [-0.05, 0) is 38.1 Å². The third kappa shape index (κ3) is 6.05. The number of ketones is 1. The molecule has 0 heterocycles. The summed E-state index contributed by atoms with van der Waals surface area (Å²) in [5, 5.41) is 2.57. The predicted molar refractivity (Wildman–Crippen MR) is 104 cm³/mol. The Labute approximate surface area is 162 Å². The minimum Gasteiger partial charge on any atom is -0.453 e. The third-order valence-corrected chi connectivity index (χ3v) is 4.04. The number of aryl methyl sites for hydroxylation is 1. The second-order valence-corrected chi connectivity index (χ2v) is 6.35. The maximum absolute atomic E-state index is 12.1. The van der Waals surface area contributed by atoms with Crippen molar-refractivity contribution >= 4 is 29.3 Å². The second kappa shape index (κ2) is 9.45. The van der Waals surface area contributed by atoms with Crippen LogP contribution in [-0.4, -0.2) is 29.7 Å². The van der Waals surface area contributed by atoms with E-state index in [-0.39, 0.29) is 18.6 Å². The number of anilines is 1. The first kappa shape index (κ1) is 20.8. The number of esters is 1. The highest BCUT2D eigenvalue weighted by Gasteiger charge is 2.19. The van der Waals surface area contributed by atoms with Crippen LogP contribution in [-0.2, 0) is 14.3 Å². The monoisotopic (exact) mass is 382 g/mol. The highest BCUT2D eigenvalue weighted by molar-refractivity contribution is 5.98. The van der Waals surface area contributed by atoms with Crippen molar-refractivity contribution in [3.63, 3.8) is 0 Å². The molecule has 0 radical (unpaired) electrons. The lowest BCUT2D eigenvalue weighted by molar-refractivity contribution is -0.153. The van der Waals surface area contributed by atoms with Crippen molar-refractivity contribution in [2.75, 3.05) is 5.32 Å². The van der Waals surface area contributed by atoms with Crippen LogP contribution in [0.2, 0.25) is 0 Å². The molecule has 146 valence electrons. The van der Waals surface area contributed by atoms with E-state index in [2.05, 4.69) is 5.32 Å². The van der Waals surface area contributed by atoms with Crippen molar-refractivity contribution in [3.05, 3.63) is 65.2 Å². The maximum Gasteiger partial charge on any atom is 0.307 e. The number of rotatable bonds is 8. The number of nitrogens with two attached hydrogens (primary N) is 1. The summed E-state index contributed by atoms with van der Waals surface area (Å²) in [6, 6.07) is 13.1. The van der Waals surface area contributed by atoms with Gasteiger partial charge in [-0.1, -0.05) is 29.8 Å². The Morgan fingerprint density at radius 1 is 0.929 bits per heavy atom. The number of primary amides is 1. The normalized spacial score (nSPS) is 11.4. The Morgan fingerprint density at radius 2 is 1.50 bits per heavy atom. The van der Waals surface area contributed by atoms with Gasteiger partial charge >= 0.3 is 5.97 Å². The van der Waals surface area contributed by atoms with Crippen LogP contribution in [0.1, 0.15) is 46.0 Å². The lowest BCUT2D eigenvalue weighted by Gasteiger charge is -2.13. The van der Waals surface area contributed by atoms with Gasteiger partial charge in [-0.15, -0.1) is 0 Å². The predicted octanol–water partition coefficient (Wildman–Crippen LogP) is 2.63. The number of benzene rings is 2. The van der Waals surface area contributed by atoms with Crippen molar-refractivity contribution in [3.8, 4) is 0 Å². The zero-order valence-electron chi connectivity index (χ0n) is 15.7. The van der Waals surface area contributed by atoms with Gasteiger partial charge in [0.1, 0.15) is 0 Å². The molecule has 2 rings (SSSR count). The van der Waals surface area contributed by atoms with Crippen LogP contribution in [0.15, 0.2) is 48.5 Å². The molecule has 1 atom stereocenters. The average molecular weight is 382 g/mol. The van der Waals surface area contributed by atoms with Gasteiger partial charge in [0.15, 0.2) is 11.9 Å². The number of hydrogen-bond donors (Lipinski definition) is 2. The van der Waals surface area contributed by atoms with E-state index in [1.165, 1.54) is 31.2 Å². The lowest BCUT2D eigenvalue weighted by atomic mass is 10.1. The number of ether oxygens (including phenoxy) is 1. The summed E-state index contributed by atoms with van der Waals surface area (Å²) < 4.78 is 5.07. The second-order valence-electron chi connectivity index (χ2n) is 6.35. The van der Waals surface area contributed by atoms with E-state index in [0.29, 0.717) is 16.8 Å². The molecule has 0 spiro atoms. The van der Waals surface area contributed by atoms with Gasteiger partial charge in [-0.25, -0.2) is 0 Å². The molecule has 0 aromatic heterocycles. The van der Waals surface area contributed by atoms with Gasteiger partial charge in [-0.2, -0.15) is 0 Å². The van der Waals surface area contributed by atoms with E-state index < -0.39 is 23.9 Å². The van der Waals surface area contributed by atoms with E-state index in [4.69, 9.17) is 10.5 Å². The molecule has 0 saturated carbocycles. The Balaban J connectivity index is 1.80. The molecule has 0 fully saturated rings. The zero-order valence-corrected chi connectivity index (χ0v) is 15.7. The summed E-state index contributed by atoms with van der Waals surface area (Å²) in [4.78, 5) is 47.1. The minimum atomic E-state index is -1.03. The van der Waals surface area contributed by atoms with Gasteiger partial charge in [0, 0.05) is 23.2 Å². The Kier molecular flexibility index (Phi) is 7.03. The fourth-order valence-electron chi connectivity index (χ4n) is 2.37. The first-order chi connectivity index (χ1) is 13.3. The molecule has 0 aliphatic carbocycles. The maximum atomic E-state index is 12.1. The lowest BCUT2D eigenvalue weighted by Crippen LogP contribution is -2.30. The van der Waals surface area contributed by atoms with Gasteiger partial charge in [0.25, 0.3) is 5.91 Å². The number of carbonyl (C=O) groups excluding carboxylic acids is 4. The topological polar surface area (TPSA) is 116 Å². The molecule has 0 aliphatic heterocycles. The van der Waals surface area contributed by atoms with Gasteiger partial charge in [0.2, 0.25) is 5.91 Å². The summed E-state index contributed by atoms with van der Waals surface area (Å²) in [6.45, 7) is 3.36. The molecule has 0 unspecified atom stereocenters. The largest absolute Gasteiger partial charge is 0.453 e. The summed E-state index contributed by atoms with van der Waals surface area (Å²) in [5.74, 6) is -1.89. The molecule has 2 aromatic rings. The van der Waals surface area contributed by atoms with E-state index in [1.807, 2.05) is 19.1 Å². The summed E-state index contributed by atoms with van der Waals surface area (Å²) in [7, 11) is 0. The van der Waals surface area contributed by atoms with Crippen LogP contribution in [0.4, 0.5) is 5.69 Å². The molecule has 0 bridgehead atoms. The molecular formula is C21H22N2O5. The number of carbonyl (C=O) groups is 4. The highest BCUT2D eigenvalue weighted by Crippen LogP contribution is 2.11. The van der Waals surface area contributed by atoms with E-state index >= 15 is 0 Å². The number of nitrogens with one attached hydrogen (secondary N) is 1. The quantitative estimate of drug-likeness (QED) is 0.538. The van der Waals surface area contributed by atoms with Gasteiger partial charge in [0.05, 0.1) is 6.42 Å². The van der Waals surface area contributed by atoms with Crippen LogP contribution in [0.3, 0.4) is 0 Å².